The lowest BCUT2D eigenvalue weighted by molar-refractivity contribution is -0.117. The number of carbonyl (C=O) groups is 1. The van der Waals surface area contributed by atoms with Gasteiger partial charge in [-0.05, 0) is 36.8 Å². The minimum atomic E-state index is -0.396. The van der Waals surface area contributed by atoms with Crippen molar-refractivity contribution in [2.24, 2.45) is 0 Å². The Bertz CT molecular complexity index is 744. The lowest BCUT2D eigenvalue weighted by atomic mass is 10.2. The third-order valence-electron chi connectivity index (χ3n) is 4.24. The summed E-state index contributed by atoms with van der Waals surface area (Å²) in [5.74, 6) is -0.575. The molecule has 3 rings (SSSR count). The number of hydrogen-bond donors (Lipinski definition) is 1. The van der Waals surface area contributed by atoms with E-state index >= 15 is 0 Å². The molecule has 1 aromatic heterocycles. The van der Waals surface area contributed by atoms with E-state index in [0.29, 0.717) is 0 Å². The van der Waals surface area contributed by atoms with Gasteiger partial charge in [-0.1, -0.05) is 17.7 Å². The number of aryl methyl sites for hydroxylation is 1. The van der Waals surface area contributed by atoms with Crippen LogP contribution >= 0.6 is 22.9 Å². The van der Waals surface area contributed by atoms with Gasteiger partial charge in [0.25, 0.3) is 0 Å². The molecular formula is C18H21ClFN3OS. The maximum absolute atomic E-state index is 13.8. The summed E-state index contributed by atoms with van der Waals surface area (Å²) >= 11 is 7.57. The first-order chi connectivity index (χ1) is 12.0. The molecule has 0 bridgehead atoms. The summed E-state index contributed by atoms with van der Waals surface area (Å²) in [4.78, 5) is 17.9. The van der Waals surface area contributed by atoms with Gasteiger partial charge in [0.1, 0.15) is 5.82 Å². The highest BCUT2D eigenvalue weighted by molar-refractivity contribution is 7.16. The van der Waals surface area contributed by atoms with Gasteiger partial charge in [0.05, 0.1) is 16.6 Å². The summed E-state index contributed by atoms with van der Waals surface area (Å²) in [5.41, 5.74) is 1.07. The monoisotopic (exact) mass is 381 g/mol. The van der Waals surface area contributed by atoms with Crippen LogP contribution in [0.3, 0.4) is 0 Å². The molecule has 0 spiro atoms. The minimum Gasteiger partial charge on any atom is -0.322 e. The summed E-state index contributed by atoms with van der Waals surface area (Å²) in [6.45, 7) is 6.45. The molecule has 0 atom stereocenters. The highest BCUT2D eigenvalue weighted by atomic mass is 35.5. The Morgan fingerprint density at radius 1 is 1.20 bits per heavy atom. The van der Waals surface area contributed by atoms with Crippen molar-refractivity contribution in [3.05, 3.63) is 50.9 Å². The fourth-order valence-corrected chi connectivity index (χ4v) is 4.01. The first-order valence-electron chi connectivity index (χ1n) is 8.24. The van der Waals surface area contributed by atoms with E-state index in [1.54, 1.807) is 23.5 Å². The number of amides is 1. The predicted octanol–water partition coefficient (Wildman–Crippen LogP) is 3.61. The van der Waals surface area contributed by atoms with Crippen LogP contribution in [0.2, 0.25) is 4.34 Å². The Morgan fingerprint density at radius 3 is 2.56 bits per heavy atom. The van der Waals surface area contributed by atoms with E-state index in [9.17, 15) is 9.18 Å². The number of benzene rings is 1. The molecular weight excluding hydrogens is 361 g/mol. The maximum atomic E-state index is 13.8. The molecule has 0 radical (unpaired) electrons. The van der Waals surface area contributed by atoms with Gasteiger partial charge in [-0.25, -0.2) is 4.39 Å². The van der Waals surface area contributed by atoms with E-state index in [2.05, 4.69) is 21.2 Å². The molecule has 1 fully saturated rings. The third-order valence-corrected chi connectivity index (χ3v) is 5.46. The van der Waals surface area contributed by atoms with Crippen LogP contribution < -0.4 is 5.32 Å². The second kappa shape index (κ2) is 8.27. The van der Waals surface area contributed by atoms with E-state index in [-0.39, 0.29) is 18.1 Å². The Balaban J connectivity index is 1.44. The number of nitrogens with one attached hydrogen (secondary N) is 1. The van der Waals surface area contributed by atoms with Crippen molar-refractivity contribution >= 4 is 34.5 Å². The second-order valence-corrected chi connectivity index (χ2v) is 8.09. The number of carbonyl (C=O) groups excluding carboxylic acids is 1. The van der Waals surface area contributed by atoms with Gasteiger partial charge in [-0.3, -0.25) is 14.6 Å². The van der Waals surface area contributed by atoms with E-state index < -0.39 is 5.82 Å². The molecule has 1 saturated heterocycles. The summed E-state index contributed by atoms with van der Waals surface area (Å²) < 4.78 is 14.6. The van der Waals surface area contributed by atoms with Gasteiger partial charge < -0.3 is 5.32 Å². The van der Waals surface area contributed by atoms with E-state index in [0.717, 1.165) is 42.6 Å². The van der Waals surface area contributed by atoms with Crippen molar-refractivity contribution in [1.29, 1.82) is 0 Å². The predicted molar refractivity (Wildman–Crippen MR) is 101 cm³/mol. The van der Waals surface area contributed by atoms with Crippen LogP contribution in [0.15, 0.2) is 30.3 Å². The molecule has 1 aromatic carbocycles. The van der Waals surface area contributed by atoms with Gasteiger partial charge >= 0.3 is 0 Å². The first-order valence-corrected chi connectivity index (χ1v) is 9.44. The van der Waals surface area contributed by atoms with Crippen LogP contribution in [0.4, 0.5) is 10.1 Å². The molecule has 1 N–H and O–H groups in total. The second-order valence-electron chi connectivity index (χ2n) is 6.29. The molecule has 4 nitrogen and oxygen atoms in total. The average Bonchev–Trinajstić information content (AvgIpc) is 2.97. The number of hydrogen-bond acceptors (Lipinski definition) is 4. The van der Waals surface area contributed by atoms with Crippen LogP contribution in [0.5, 0.6) is 0 Å². The summed E-state index contributed by atoms with van der Waals surface area (Å²) in [6, 6.07) is 8.79. The highest BCUT2D eigenvalue weighted by Crippen LogP contribution is 2.23. The summed E-state index contributed by atoms with van der Waals surface area (Å²) in [6.07, 6.45) is 0. The zero-order valence-electron chi connectivity index (χ0n) is 14.1. The van der Waals surface area contributed by atoms with Crippen LogP contribution in [-0.4, -0.2) is 48.4 Å². The molecule has 1 aliphatic heterocycles. The zero-order valence-corrected chi connectivity index (χ0v) is 15.7. The molecule has 0 aliphatic carbocycles. The van der Waals surface area contributed by atoms with Crippen LogP contribution in [-0.2, 0) is 11.3 Å². The normalized spacial score (nSPS) is 16.1. The molecule has 0 saturated carbocycles. The Hall–Kier alpha value is -1.47. The molecule has 2 aromatic rings. The van der Waals surface area contributed by atoms with Gasteiger partial charge in [0, 0.05) is 37.6 Å². The molecule has 1 aliphatic rings. The number of thiophene rings is 1. The van der Waals surface area contributed by atoms with Gasteiger partial charge in [-0.2, -0.15) is 0 Å². The molecule has 7 heteroatoms. The Kier molecular flexibility index (Phi) is 6.06. The lowest BCUT2D eigenvalue weighted by Gasteiger charge is -2.34. The van der Waals surface area contributed by atoms with Crippen molar-refractivity contribution in [2.45, 2.75) is 13.5 Å². The van der Waals surface area contributed by atoms with Crippen LogP contribution in [0, 0.1) is 12.7 Å². The van der Waals surface area contributed by atoms with E-state index in [1.807, 2.05) is 13.0 Å². The first kappa shape index (κ1) is 18.3. The fourth-order valence-electron chi connectivity index (χ4n) is 2.88. The molecule has 134 valence electrons. The summed E-state index contributed by atoms with van der Waals surface area (Å²) in [5, 5.41) is 2.66. The zero-order chi connectivity index (χ0) is 17.8. The van der Waals surface area contributed by atoms with Crippen molar-refractivity contribution < 1.29 is 9.18 Å². The largest absolute Gasteiger partial charge is 0.322 e. The van der Waals surface area contributed by atoms with Crippen molar-refractivity contribution in [2.75, 3.05) is 38.0 Å². The van der Waals surface area contributed by atoms with E-state index in [1.165, 1.54) is 10.9 Å². The third kappa shape index (κ3) is 5.25. The van der Waals surface area contributed by atoms with Gasteiger partial charge in [0.2, 0.25) is 5.91 Å². The van der Waals surface area contributed by atoms with Crippen molar-refractivity contribution in [3.63, 3.8) is 0 Å². The number of nitrogens with zero attached hydrogens (tertiary/aromatic N) is 2. The van der Waals surface area contributed by atoms with E-state index in [4.69, 9.17) is 11.6 Å². The van der Waals surface area contributed by atoms with Gasteiger partial charge in [-0.15, -0.1) is 11.3 Å². The number of rotatable bonds is 5. The number of halogens is 2. The van der Waals surface area contributed by atoms with Gasteiger partial charge in [0.15, 0.2) is 0 Å². The molecule has 0 unspecified atom stereocenters. The molecule has 1 amide bonds. The topological polar surface area (TPSA) is 35.6 Å². The standard InChI is InChI=1S/C18H21ClFN3OS/c1-13-2-4-16(15(20)10-13)21-18(24)12-23-8-6-22(7-9-23)11-14-3-5-17(19)25-14/h2-5,10H,6-9,11-12H2,1H3,(H,21,24). The summed E-state index contributed by atoms with van der Waals surface area (Å²) in [7, 11) is 0. The fraction of sp³-hybridized carbons (Fsp3) is 0.389. The number of piperazine rings is 1. The Morgan fingerprint density at radius 2 is 1.92 bits per heavy atom. The lowest BCUT2D eigenvalue weighted by Crippen LogP contribution is -2.48. The smallest absolute Gasteiger partial charge is 0.238 e. The van der Waals surface area contributed by atoms with Crippen LogP contribution in [0.25, 0.3) is 0 Å². The van der Waals surface area contributed by atoms with Crippen molar-refractivity contribution in [1.82, 2.24) is 9.80 Å². The number of anilines is 1. The quantitative estimate of drug-likeness (QED) is 0.859. The van der Waals surface area contributed by atoms with Crippen LogP contribution in [0.1, 0.15) is 10.4 Å². The molecule has 25 heavy (non-hydrogen) atoms. The maximum Gasteiger partial charge on any atom is 0.238 e. The minimum absolute atomic E-state index is 0.179. The molecule has 2 heterocycles. The SMILES string of the molecule is Cc1ccc(NC(=O)CN2CCN(Cc3ccc(Cl)s3)CC2)c(F)c1. The average molecular weight is 382 g/mol. The Labute approximate surface area is 156 Å². The van der Waals surface area contributed by atoms with Crippen molar-refractivity contribution in [3.8, 4) is 0 Å². The highest BCUT2D eigenvalue weighted by Gasteiger charge is 2.20.